The second-order valence-electron chi connectivity index (χ2n) is 3.73. The molecule has 0 aromatic carbocycles. The molecule has 1 aromatic rings. The third kappa shape index (κ3) is 3.01. The van der Waals surface area contributed by atoms with Crippen LogP contribution in [0.3, 0.4) is 0 Å². The van der Waals surface area contributed by atoms with E-state index in [0.29, 0.717) is 4.88 Å². The van der Waals surface area contributed by atoms with Gasteiger partial charge in [0.1, 0.15) is 4.88 Å². The number of aromatic carboxylic acids is 1. The highest BCUT2D eigenvalue weighted by Crippen LogP contribution is 2.20. The SMILES string of the molecule is O=C(O)c1ccc(C(=O)N2CCCSCC2)s1. The predicted molar refractivity (Wildman–Crippen MR) is 69.1 cm³/mol. The minimum absolute atomic E-state index is 0.0370. The number of hydrogen-bond donors (Lipinski definition) is 1. The van der Waals surface area contributed by atoms with Crippen molar-refractivity contribution in [3.8, 4) is 0 Å². The molecule has 1 saturated heterocycles. The first kappa shape index (κ1) is 12.4. The molecule has 0 saturated carbocycles. The van der Waals surface area contributed by atoms with Crippen molar-refractivity contribution in [1.82, 2.24) is 4.90 Å². The summed E-state index contributed by atoms with van der Waals surface area (Å²) in [6.45, 7) is 1.52. The molecule has 92 valence electrons. The van der Waals surface area contributed by atoms with Gasteiger partial charge in [0.2, 0.25) is 0 Å². The largest absolute Gasteiger partial charge is 0.477 e. The minimum atomic E-state index is -0.972. The Hall–Kier alpha value is -1.01. The van der Waals surface area contributed by atoms with E-state index in [1.54, 1.807) is 6.07 Å². The molecular formula is C11H13NO3S2. The van der Waals surface area contributed by atoms with Crippen LogP contribution >= 0.6 is 23.1 Å². The Bertz CT molecular complexity index is 422. The summed E-state index contributed by atoms with van der Waals surface area (Å²) in [6.07, 6.45) is 1.01. The maximum absolute atomic E-state index is 12.1. The van der Waals surface area contributed by atoms with Crippen LogP contribution in [0.5, 0.6) is 0 Å². The zero-order chi connectivity index (χ0) is 12.3. The first-order chi connectivity index (χ1) is 8.18. The third-order valence-electron chi connectivity index (χ3n) is 2.54. The molecule has 0 unspecified atom stereocenters. The van der Waals surface area contributed by atoms with Gasteiger partial charge in [-0.15, -0.1) is 11.3 Å². The second kappa shape index (κ2) is 5.55. The number of carboxylic acids is 1. The van der Waals surface area contributed by atoms with Crippen molar-refractivity contribution in [3.05, 3.63) is 21.9 Å². The molecule has 0 bridgehead atoms. The normalized spacial score (nSPS) is 16.6. The monoisotopic (exact) mass is 271 g/mol. The van der Waals surface area contributed by atoms with Gasteiger partial charge < -0.3 is 10.0 Å². The highest BCUT2D eigenvalue weighted by atomic mass is 32.2. The molecule has 0 radical (unpaired) electrons. The fraction of sp³-hybridized carbons (Fsp3) is 0.455. The maximum atomic E-state index is 12.1. The number of carbonyl (C=O) groups excluding carboxylic acids is 1. The summed E-state index contributed by atoms with van der Waals surface area (Å²) < 4.78 is 0. The molecule has 2 heterocycles. The van der Waals surface area contributed by atoms with Gasteiger partial charge in [0.15, 0.2) is 0 Å². The summed E-state index contributed by atoms with van der Waals surface area (Å²) in [4.78, 5) is 25.4. The lowest BCUT2D eigenvalue weighted by molar-refractivity contribution is 0.0701. The first-order valence-electron chi connectivity index (χ1n) is 5.38. The first-order valence-corrected chi connectivity index (χ1v) is 7.36. The summed E-state index contributed by atoms with van der Waals surface area (Å²) in [5, 5.41) is 8.82. The van der Waals surface area contributed by atoms with Gasteiger partial charge >= 0.3 is 5.97 Å². The van der Waals surface area contributed by atoms with Gasteiger partial charge in [-0.1, -0.05) is 0 Å². The summed E-state index contributed by atoms with van der Waals surface area (Å²) in [5.41, 5.74) is 0. The average Bonchev–Trinajstić information content (AvgIpc) is 2.65. The van der Waals surface area contributed by atoms with Gasteiger partial charge in [-0.05, 0) is 24.3 Å². The van der Waals surface area contributed by atoms with Crippen LogP contribution in [-0.2, 0) is 0 Å². The van der Waals surface area contributed by atoms with Crippen molar-refractivity contribution in [3.63, 3.8) is 0 Å². The average molecular weight is 271 g/mol. The molecule has 0 aliphatic carbocycles. The van der Waals surface area contributed by atoms with Crippen molar-refractivity contribution in [1.29, 1.82) is 0 Å². The summed E-state index contributed by atoms with van der Waals surface area (Å²) >= 11 is 2.91. The van der Waals surface area contributed by atoms with Gasteiger partial charge in [0, 0.05) is 18.8 Å². The van der Waals surface area contributed by atoms with E-state index < -0.39 is 5.97 Å². The lowest BCUT2D eigenvalue weighted by atomic mass is 10.3. The number of thiophene rings is 1. The van der Waals surface area contributed by atoms with Gasteiger partial charge in [-0.2, -0.15) is 11.8 Å². The Kier molecular flexibility index (Phi) is 4.06. The molecule has 1 aliphatic rings. The molecule has 0 atom stereocenters. The molecule has 17 heavy (non-hydrogen) atoms. The molecule has 4 nitrogen and oxygen atoms in total. The number of nitrogens with zero attached hydrogens (tertiary/aromatic N) is 1. The van der Waals surface area contributed by atoms with E-state index in [0.717, 1.165) is 42.4 Å². The molecule has 1 aliphatic heterocycles. The topological polar surface area (TPSA) is 57.6 Å². The van der Waals surface area contributed by atoms with E-state index in [1.807, 2.05) is 16.7 Å². The third-order valence-corrected chi connectivity index (χ3v) is 4.65. The fourth-order valence-corrected chi connectivity index (χ4v) is 3.37. The summed E-state index contributed by atoms with van der Waals surface area (Å²) in [6, 6.07) is 3.10. The number of thioether (sulfide) groups is 1. The maximum Gasteiger partial charge on any atom is 0.345 e. The van der Waals surface area contributed by atoms with Gasteiger partial charge in [-0.3, -0.25) is 4.79 Å². The number of carboxylic acid groups (broad SMARTS) is 1. The van der Waals surface area contributed by atoms with E-state index >= 15 is 0 Å². The van der Waals surface area contributed by atoms with E-state index in [2.05, 4.69) is 0 Å². The van der Waals surface area contributed by atoms with Crippen molar-refractivity contribution in [2.75, 3.05) is 24.6 Å². The van der Waals surface area contributed by atoms with Crippen molar-refractivity contribution in [2.24, 2.45) is 0 Å². The van der Waals surface area contributed by atoms with E-state index in [9.17, 15) is 9.59 Å². The Morgan fingerprint density at radius 2 is 1.94 bits per heavy atom. The molecule has 0 spiro atoms. The minimum Gasteiger partial charge on any atom is -0.477 e. The number of carbonyl (C=O) groups is 2. The zero-order valence-corrected chi connectivity index (χ0v) is 10.9. The van der Waals surface area contributed by atoms with Gasteiger partial charge in [0.25, 0.3) is 5.91 Å². The van der Waals surface area contributed by atoms with Crippen LogP contribution in [0.25, 0.3) is 0 Å². The Morgan fingerprint density at radius 1 is 1.18 bits per heavy atom. The van der Waals surface area contributed by atoms with Crippen LogP contribution in [0.1, 0.15) is 25.8 Å². The molecule has 2 rings (SSSR count). The van der Waals surface area contributed by atoms with Gasteiger partial charge in [-0.25, -0.2) is 4.79 Å². The van der Waals surface area contributed by atoms with E-state index in [4.69, 9.17) is 5.11 Å². The number of amides is 1. The highest BCUT2D eigenvalue weighted by Gasteiger charge is 2.20. The predicted octanol–water partition coefficient (Wildman–Crippen LogP) is 2.03. The van der Waals surface area contributed by atoms with Crippen LogP contribution in [0, 0.1) is 0 Å². The highest BCUT2D eigenvalue weighted by molar-refractivity contribution is 7.99. The van der Waals surface area contributed by atoms with E-state index in [1.165, 1.54) is 6.07 Å². The Balaban J connectivity index is 2.09. The number of hydrogen-bond acceptors (Lipinski definition) is 4. The standard InChI is InChI=1S/C11H13NO3S2/c13-10(12-4-1-6-16-7-5-12)8-2-3-9(17-8)11(14)15/h2-3H,1,4-7H2,(H,14,15). The van der Waals surface area contributed by atoms with Crippen molar-refractivity contribution in [2.45, 2.75) is 6.42 Å². The fourth-order valence-electron chi connectivity index (χ4n) is 1.67. The lowest BCUT2D eigenvalue weighted by Crippen LogP contribution is -2.32. The molecule has 6 heteroatoms. The lowest BCUT2D eigenvalue weighted by Gasteiger charge is -2.18. The number of rotatable bonds is 2. The summed E-state index contributed by atoms with van der Waals surface area (Å²) in [5.74, 6) is 1.04. The van der Waals surface area contributed by atoms with E-state index in [-0.39, 0.29) is 10.8 Å². The Morgan fingerprint density at radius 3 is 2.65 bits per heavy atom. The van der Waals surface area contributed by atoms with Crippen molar-refractivity contribution < 1.29 is 14.7 Å². The van der Waals surface area contributed by atoms with Gasteiger partial charge in [0.05, 0.1) is 4.88 Å². The molecule has 1 aromatic heterocycles. The molecule has 1 amide bonds. The summed E-state index contributed by atoms with van der Waals surface area (Å²) in [7, 11) is 0. The van der Waals surface area contributed by atoms with Crippen LogP contribution in [0.4, 0.5) is 0 Å². The molecule has 1 N–H and O–H groups in total. The smallest absolute Gasteiger partial charge is 0.345 e. The second-order valence-corrected chi connectivity index (χ2v) is 6.04. The van der Waals surface area contributed by atoms with Crippen LogP contribution in [0.2, 0.25) is 0 Å². The zero-order valence-electron chi connectivity index (χ0n) is 9.22. The van der Waals surface area contributed by atoms with Crippen LogP contribution < -0.4 is 0 Å². The van der Waals surface area contributed by atoms with Crippen molar-refractivity contribution >= 4 is 35.0 Å². The Labute approximate surface area is 108 Å². The quantitative estimate of drug-likeness (QED) is 0.894. The van der Waals surface area contributed by atoms with Crippen LogP contribution in [0.15, 0.2) is 12.1 Å². The van der Waals surface area contributed by atoms with Crippen LogP contribution in [-0.4, -0.2) is 46.5 Å². The molecular weight excluding hydrogens is 258 g/mol. The molecule has 1 fully saturated rings.